The molecule has 0 aliphatic carbocycles. The van der Waals surface area contributed by atoms with Crippen LogP contribution in [0.3, 0.4) is 0 Å². The highest BCUT2D eigenvalue weighted by molar-refractivity contribution is 7.09. The molecule has 0 spiro atoms. The normalized spacial score (nSPS) is 12.4. The molecule has 1 heterocycles. The van der Waals surface area contributed by atoms with Crippen molar-refractivity contribution in [3.63, 3.8) is 0 Å². The minimum absolute atomic E-state index is 0.0948. The Morgan fingerprint density at radius 2 is 2.14 bits per heavy atom. The highest BCUT2D eigenvalue weighted by Gasteiger charge is 2.21. The van der Waals surface area contributed by atoms with Crippen molar-refractivity contribution in [3.05, 3.63) is 50.6 Å². The summed E-state index contributed by atoms with van der Waals surface area (Å²) >= 11 is 13.7. The number of benzene rings is 1. The van der Waals surface area contributed by atoms with Gasteiger partial charge in [-0.2, -0.15) is 0 Å². The summed E-state index contributed by atoms with van der Waals surface area (Å²) in [7, 11) is 0. The fourth-order valence-corrected chi connectivity index (χ4v) is 3.19. The van der Waals surface area contributed by atoms with Gasteiger partial charge in [-0.05, 0) is 43.1 Å². The second-order valence-electron chi connectivity index (χ2n) is 4.93. The van der Waals surface area contributed by atoms with Crippen LogP contribution in [0.4, 0.5) is 5.69 Å². The van der Waals surface area contributed by atoms with Crippen LogP contribution in [-0.4, -0.2) is 23.4 Å². The summed E-state index contributed by atoms with van der Waals surface area (Å²) in [5.41, 5.74) is 0.540. The van der Waals surface area contributed by atoms with Crippen molar-refractivity contribution in [2.75, 3.05) is 11.9 Å². The van der Waals surface area contributed by atoms with Crippen molar-refractivity contribution >= 4 is 46.1 Å². The van der Waals surface area contributed by atoms with Gasteiger partial charge in [0.2, 0.25) is 5.91 Å². The van der Waals surface area contributed by atoms with Crippen molar-refractivity contribution in [1.82, 2.24) is 4.90 Å². The van der Waals surface area contributed by atoms with Crippen molar-refractivity contribution in [2.45, 2.75) is 26.4 Å². The molecule has 6 heteroatoms. The molecule has 1 unspecified atom stereocenters. The third-order valence-corrected chi connectivity index (χ3v) is 4.88. The standard InChI is InChI=1S/C16H18Cl2N2OS/c1-3-20(10-13-5-4-8-22-13)11(2)16(21)19-15-9-12(17)6-7-14(15)18/h4-9,11H,3,10H2,1-2H3,(H,19,21). The molecule has 0 saturated carbocycles. The van der Waals surface area contributed by atoms with Gasteiger partial charge in [-0.1, -0.05) is 36.2 Å². The van der Waals surface area contributed by atoms with Crippen molar-refractivity contribution in [3.8, 4) is 0 Å². The van der Waals surface area contributed by atoms with E-state index in [1.807, 2.05) is 25.3 Å². The molecule has 2 rings (SSSR count). The number of halogens is 2. The van der Waals surface area contributed by atoms with Gasteiger partial charge in [0.1, 0.15) is 0 Å². The molecule has 0 saturated heterocycles. The highest BCUT2D eigenvalue weighted by Crippen LogP contribution is 2.26. The molecule has 0 aliphatic rings. The summed E-state index contributed by atoms with van der Waals surface area (Å²) in [6.07, 6.45) is 0. The molecule has 1 amide bonds. The molecule has 22 heavy (non-hydrogen) atoms. The van der Waals surface area contributed by atoms with E-state index in [0.717, 1.165) is 13.1 Å². The predicted octanol–water partition coefficient (Wildman–Crippen LogP) is 4.90. The van der Waals surface area contributed by atoms with Crippen LogP contribution in [0.2, 0.25) is 10.0 Å². The SMILES string of the molecule is CCN(Cc1cccs1)C(C)C(=O)Nc1cc(Cl)ccc1Cl. The average molecular weight is 357 g/mol. The van der Waals surface area contributed by atoms with E-state index in [4.69, 9.17) is 23.2 Å². The lowest BCUT2D eigenvalue weighted by atomic mass is 10.2. The molecule has 0 bridgehead atoms. The Kier molecular flexibility index (Phi) is 6.26. The molecule has 3 nitrogen and oxygen atoms in total. The first-order valence-electron chi connectivity index (χ1n) is 7.03. The monoisotopic (exact) mass is 356 g/mol. The summed E-state index contributed by atoms with van der Waals surface area (Å²) in [5, 5.41) is 5.91. The number of thiophene rings is 1. The number of carbonyl (C=O) groups is 1. The minimum Gasteiger partial charge on any atom is -0.323 e. The van der Waals surface area contributed by atoms with Crippen LogP contribution in [0.1, 0.15) is 18.7 Å². The van der Waals surface area contributed by atoms with Crippen LogP contribution in [0.25, 0.3) is 0 Å². The van der Waals surface area contributed by atoms with Crippen LogP contribution >= 0.6 is 34.5 Å². The molecule has 0 radical (unpaired) electrons. The lowest BCUT2D eigenvalue weighted by Gasteiger charge is -2.26. The smallest absolute Gasteiger partial charge is 0.241 e. The number of rotatable bonds is 6. The van der Waals surface area contributed by atoms with E-state index < -0.39 is 0 Å². The summed E-state index contributed by atoms with van der Waals surface area (Å²) in [5.74, 6) is -0.0948. The third kappa shape index (κ3) is 4.46. The summed E-state index contributed by atoms with van der Waals surface area (Å²) in [6, 6.07) is 8.85. The molecule has 2 aromatic rings. The molecule has 1 N–H and O–H groups in total. The van der Waals surface area contributed by atoms with E-state index >= 15 is 0 Å². The molecule has 118 valence electrons. The number of hydrogen-bond acceptors (Lipinski definition) is 3. The summed E-state index contributed by atoms with van der Waals surface area (Å²) in [6.45, 7) is 5.48. The van der Waals surface area contributed by atoms with Gasteiger partial charge in [0, 0.05) is 16.4 Å². The first-order chi connectivity index (χ1) is 10.5. The largest absolute Gasteiger partial charge is 0.323 e. The fraction of sp³-hybridized carbons (Fsp3) is 0.312. The maximum absolute atomic E-state index is 12.5. The average Bonchev–Trinajstić information content (AvgIpc) is 3.00. The maximum Gasteiger partial charge on any atom is 0.241 e. The van der Waals surface area contributed by atoms with Crippen LogP contribution in [0.15, 0.2) is 35.7 Å². The topological polar surface area (TPSA) is 32.3 Å². The molecule has 1 aromatic carbocycles. The van der Waals surface area contributed by atoms with Gasteiger partial charge in [0.05, 0.1) is 16.8 Å². The lowest BCUT2D eigenvalue weighted by Crippen LogP contribution is -2.41. The van der Waals surface area contributed by atoms with Gasteiger partial charge in [-0.3, -0.25) is 9.69 Å². The molecular formula is C16H18Cl2N2OS. The molecular weight excluding hydrogens is 339 g/mol. The number of likely N-dealkylation sites (N-methyl/N-ethyl adjacent to an activating group) is 1. The first kappa shape index (κ1) is 17.3. The van der Waals surface area contributed by atoms with Crippen LogP contribution in [-0.2, 0) is 11.3 Å². The third-order valence-electron chi connectivity index (χ3n) is 3.46. The van der Waals surface area contributed by atoms with Gasteiger partial charge in [0.25, 0.3) is 0 Å². The Balaban J connectivity index is 2.05. The zero-order valence-electron chi connectivity index (χ0n) is 12.5. The van der Waals surface area contributed by atoms with E-state index in [1.54, 1.807) is 29.5 Å². The van der Waals surface area contributed by atoms with Crippen molar-refractivity contribution < 1.29 is 4.79 Å². The Hall–Kier alpha value is -1.07. The molecule has 1 aromatic heterocycles. The van der Waals surface area contributed by atoms with Crippen LogP contribution in [0, 0.1) is 0 Å². The second-order valence-corrected chi connectivity index (χ2v) is 6.81. The fourth-order valence-electron chi connectivity index (χ4n) is 2.12. The van der Waals surface area contributed by atoms with Crippen LogP contribution in [0.5, 0.6) is 0 Å². The van der Waals surface area contributed by atoms with Gasteiger partial charge < -0.3 is 5.32 Å². The zero-order valence-corrected chi connectivity index (χ0v) is 14.8. The van der Waals surface area contributed by atoms with Gasteiger partial charge >= 0.3 is 0 Å². The number of amides is 1. The number of carbonyl (C=O) groups excluding carboxylic acids is 1. The van der Waals surface area contributed by atoms with E-state index in [-0.39, 0.29) is 11.9 Å². The van der Waals surface area contributed by atoms with Gasteiger partial charge in [-0.15, -0.1) is 11.3 Å². The summed E-state index contributed by atoms with van der Waals surface area (Å²) in [4.78, 5) is 15.8. The Labute approximate surface area is 144 Å². The minimum atomic E-state index is -0.262. The van der Waals surface area contributed by atoms with Gasteiger partial charge in [0.15, 0.2) is 0 Å². The van der Waals surface area contributed by atoms with E-state index in [0.29, 0.717) is 15.7 Å². The summed E-state index contributed by atoms with van der Waals surface area (Å²) < 4.78 is 0. The lowest BCUT2D eigenvalue weighted by molar-refractivity contribution is -0.120. The quantitative estimate of drug-likeness (QED) is 0.797. The number of anilines is 1. The second kappa shape index (κ2) is 7.97. The van der Waals surface area contributed by atoms with E-state index in [1.165, 1.54) is 4.88 Å². The first-order valence-corrected chi connectivity index (χ1v) is 8.67. The molecule has 0 aliphatic heterocycles. The van der Waals surface area contributed by atoms with E-state index in [2.05, 4.69) is 16.3 Å². The predicted molar refractivity (Wildman–Crippen MR) is 95.0 cm³/mol. The zero-order chi connectivity index (χ0) is 16.1. The molecule has 0 fully saturated rings. The Morgan fingerprint density at radius 1 is 1.36 bits per heavy atom. The van der Waals surface area contributed by atoms with E-state index in [9.17, 15) is 4.79 Å². The highest BCUT2D eigenvalue weighted by atomic mass is 35.5. The number of nitrogens with zero attached hydrogens (tertiary/aromatic N) is 1. The van der Waals surface area contributed by atoms with Gasteiger partial charge in [-0.25, -0.2) is 0 Å². The number of hydrogen-bond donors (Lipinski definition) is 1. The Bertz CT molecular complexity index is 631. The van der Waals surface area contributed by atoms with Crippen molar-refractivity contribution in [1.29, 1.82) is 0 Å². The molecule has 1 atom stereocenters. The van der Waals surface area contributed by atoms with Crippen molar-refractivity contribution in [2.24, 2.45) is 0 Å². The maximum atomic E-state index is 12.5. The van der Waals surface area contributed by atoms with Crippen LogP contribution < -0.4 is 5.32 Å². The number of nitrogens with one attached hydrogen (secondary N) is 1. The Morgan fingerprint density at radius 3 is 2.77 bits per heavy atom.